The highest BCUT2D eigenvalue weighted by atomic mass is 19.1. The number of benzene rings is 1. The molecule has 1 saturated heterocycles. The third-order valence-electron chi connectivity index (χ3n) is 3.02. The molecular weight excluding hydrogens is 259 g/mol. The second kappa shape index (κ2) is 8.01. The number of hydrogen-bond acceptors (Lipinski definition) is 3. The van der Waals surface area contributed by atoms with Crippen molar-refractivity contribution < 1.29 is 19.0 Å². The van der Waals surface area contributed by atoms with Crippen molar-refractivity contribution in [2.45, 2.75) is 32.0 Å². The summed E-state index contributed by atoms with van der Waals surface area (Å²) in [6.07, 6.45) is 2.67. The van der Waals surface area contributed by atoms with Crippen molar-refractivity contribution >= 4 is 0 Å². The first-order chi connectivity index (χ1) is 9.78. The molecule has 1 N–H and O–H groups in total. The van der Waals surface area contributed by atoms with Gasteiger partial charge in [-0.2, -0.15) is 0 Å². The number of aliphatic hydroxyl groups is 1. The van der Waals surface area contributed by atoms with E-state index in [0.29, 0.717) is 25.2 Å². The van der Waals surface area contributed by atoms with E-state index in [0.717, 1.165) is 25.0 Å². The van der Waals surface area contributed by atoms with Crippen LogP contribution in [0.4, 0.5) is 4.39 Å². The molecule has 1 fully saturated rings. The van der Waals surface area contributed by atoms with Gasteiger partial charge in [0.25, 0.3) is 0 Å². The lowest BCUT2D eigenvalue weighted by molar-refractivity contribution is 0.0105. The van der Waals surface area contributed by atoms with Crippen molar-refractivity contribution in [2.24, 2.45) is 0 Å². The van der Waals surface area contributed by atoms with Crippen molar-refractivity contribution in [3.8, 4) is 11.8 Å². The Morgan fingerprint density at radius 3 is 3.05 bits per heavy atom. The molecule has 1 aromatic rings. The first-order valence-electron chi connectivity index (χ1n) is 6.86. The third kappa shape index (κ3) is 4.93. The molecule has 0 aliphatic carbocycles. The molecule has 4 heteroatoms. The van der Waals surface area contributed by atoms with Crippen LogP contribution in [0.3, 0.4) is 0 Å². The van der Waals surface area contributed by atoms with E-state index in [2.05, 4.69) is 11.8 Å². The molecule has 1 aliphatic rings. The van der Waals surface area contributed by atoms with Crippen molar-refractivity contribution in [3.05, 3.63) is 35.1 Å². The van der Waals surface area contributed by atoms with Crippen LogP contribution < -0.4 is 0 Å². The predicted octanol–water partition coefficient (Wildman–Crippen LogP) is 2.26. The first kappa shape index (κ1) is 15.0. The van der Waals surface area contributed by atoms with Gasteiger partial charge < -0.3 is 14.6 Å². The smallest absolute Gasteiger partial charge is 0.124 e. The van der Waals surface area contributed by atoms with E-state index in [9.17, 15) is 4.39 Å². The van der Waals surface area contributed by atoms with E-state index in [1.54, 1.807) is 0 Å². The fraction of sp³-hybridized carbons (Fsp3) is 0.500. The summed E-state index contributed by atoms with van der Waals surface area (Å²) in [5, 5.41) is 8.66. The molecule has 0 radical (unpaired) electrons. The quantitative estimate of drug-likeness (QED) is 0.840. The summed E-state index contributed by atoms with van der Waals surface area (Å²) in [6, 6.07) is 4.64. The lowest BCUT2D eigenvalue weighted by Gasteiger charge is -2.10. The van der Waals surface area contributed by atoms with Gasteiger partial charge in [-0.25, -0.2) is 4.39 Å². The summed E-state index contributed by atoms with van der Waals surface area (Å²) in [7, 11) is 0. The largest absolute Gasteiger partial charge is 0.395 e. The Kier molecular flexibility index (Phi) is 6.00. The topological polar surface area (TPSA) is 38.7 Å². The van der Waals surface area contributed by atoms with Gasteiger partial charge in [-0.15, -0.1) is 0 Å². The lowest BCUT2D eigenvalue weighted by Crippen LogP contribution is -2.13. The molecule has 1 unspecified atom stereocenters. The normalized spacial score (nSPS) is 17.8. The minimum atomic E-state index is -0.323. The summed E-state index contributed by atoms with van der Waals surface area (Å²) in [4.78, 5) is 0. The van der Waals surface area contributed by atoms with Crippen molar-refractivity contribution in [2.75, 3.05) is 19.8 Å². The summed E-state index contributed by atoms with van der Waals surface area (Å²) in [5.41, 5.74) is 1.37. The summed E-state index contributed by atoms with van der Waals surface area (Å²) in [5.74, 6) is 5.28. The molecule has 2 rings (SSSR count). The van der Waals surface area contributed by atoms with E-state index in [4.69, 9.17) is 14.6 Å². The predicted molar refractivity (Wildman–Crippen MR) is 73.6 cm³/mol. The Bertz CT molecular complexity index is 484. The maximum atomic E-state index is 13.5. The van der Waals surface area contributed by atoms with Gasteiger partial charge in [-0.05, 0) is 36.6 Å². The molecule has 0 spiro atoms. The molecule has 1 heterocycles. The molecule has 3 nitrogen and oxygen atoms in total. The molecular formula is C16H19FO3. The van der Waals surface area contributed by atoms with Gasteiger partial charge in [0.15, 0.2) is 0 Å². The van der Waals surface area contributed by atoms with Crippen molar-refractivity contribution in [3.63, 3.8) is 0 Å². The van der Waals surface area contributed by atoms with E-state index in [-0.39, 0.29) is 18.5 Å². The van der Waals surface area contributed by atoms with E-state index < -0.39 is 0 Å². The van der Waals surface area contributed by atoms with Gasteiger partial charge in [0, 0.05) is 18.6 Å². The third-order valence-corrected chi connectivity index (χ3v) is 3.02. The standard InChI is InChI=1S/C16H19FO3/c17-15-9-13(4-1-2-6-18)8-14(10-15)11-19-12-16-5-3-7-20-16/h8-10,16,18H,2-3,5-7,11-12H2. The number of aliphatic hydroxyl groups excluding tert-OH is 1. The van der Waals surface area contributed by atoms with Crippen LogP contribution in [0.2, 0.25) is 0 Å². The summed E-state index contributed by atoms with van der Waals surface area (Å²) < 4.78 is 24.5. The van der Waals surface area contributed by atoms with Crippen molar-refractivity contribution in [1.82, 2.24) is 0 Å². The molecule has 1 aliphatic heterocycles. The van der Waals surface area contributed by atoms with Gasteiger partial charge in [0.1, 0.15) is 5.82 Å². The van der Waals surface area contributed by atoms with Crippen LogP contribution in [0.5, 0.6) is 0 Å². The fourth-order valence-electron chi connectivity index (χ4n) is 2.11. The minimum Gasteiger partial charge on any atom is -0.395 e. The van der Waals surface area contributed by atoms with Gasteiger partial charge in [-0.3, -0.25) is 0 Å². The average Bonchev–Trinajstić information content (AvgIpc) is 2.92. The van der Waals surface area contributed by atoms with E-state index >= 15 is 0 Å². The zero-order valence-electron chi connectivity index (χ0n) is 11.4. The summed E-state index contributed by atoms with van der Waals surface area (Å²) in [6.45, 7) is 1.71. The molecule has 20 heavy (non-hydrogen) atoms. The van der Waals surface area contributed by atoms with Crippen LogP contribution in [0.25, 0.3) is 0 Å². The Hall–Kier alpha value is -1.41. The molecule has 108 valence electrons. The Morgan fingerprint density at radius 2 is 2.30 bits per heavy atom. The monoisotopic (exact) mass is 278 g/mol. The van der Waals surface area contributed by atoms with Crippen LogP contribution in [0.1, 0.15) is 30.4 Å². The Balaban J connectivity index is 1.88. The highest BCUT2D eigenvalue weighted by molar-refractivity contribution is 5.37. The Morgan fingerprint density at radius 1 is 1.40 bits per heavy atom. The number of rotatable bonds is 5. The van der Waals surface area contributed by atoms with Gasteiger partial charge in [0.05, 0.1) is 25.9 Å². The maximum Gasteiger partial charge on any atom is 0.124 e. The molecule has 0 aromatic heterocycles. The Labute approximate surface area is 118 Å². The molecule has 1 aromatic carbocycles. The zero-order valence-corrected chi connectivity index (χ0v) is 11.4. The second-order valence-corrected chi connectivity index (χ2v) is 4.77. The zero-order chi connectivity index (χ0) is 14.2. The fourth-order valence-corrected chi connectivity index (χ4v) is 2.11. The lowest BCUT2D eigenvalue weighted by atomic mass is 10.1. The molecule has 0 saturated carbocycles. The average molecular weight is 278 g/mol. The highest BCUT2D eigenvalue weighted by Crippen LogP contribution is 2.14. The highest BCUT2D eigenvalue weighted by Gasteiger charge is 2.15. The number of ether oxygens (including phenoxy) is 2. The van der Waals surface area contributed by atoms with Gasteiger partial charge in [-0.1, -0.05) is 11.8 Å². The molecule has 0 bridgehead atoms. The van der Waals surface area contributed by atoms with E-state index in [1.807, 2.05) is 6.07 Å². The van der Waals surface area contributed by atoms with Gasteiger partial charge in [0.2, 0.25) is 0 Å². The van der Waals surface area contributed by atoms with Crippen LogP contribution in [-0.4, -0.2) is 31.0 Å². The SMILES string of the molecule is OCCC#Cc1cc(F)cc(COCC2CCCO2)c1. The van der Waals surface area contributed by atoms with Crippen LogP contribution >= 0.6 is 0 Å². The first-order valence-corrected chi connectivity index (χ1v) is 6.86. The molecule has 0 amide bonds. The number of halogens is 1. The number of hydrogen-bond donors (Lipinski definition) is 1. The van der Waals surface area contributed by atoms with E-state index in [1.165, 1.54) is 12.1 Å². The van der Waals surface area contributed by atoms with Gasteiger partial charge >= 0.3 is 0 Å². The summed E-state index contributed by atoms with van der Waals surface area (Å²) >= 11 is 0. The maximum absolute atomic E-state index is 13.5. The van der Waals surface area contributed by atoms with Crippen molar-refractivity contribution in [1.29, 1.82) is 0 Å². The van der Waals surface area contributed by atoms with Crippen LogP contribution in [0.15, 0.2) is 18.2 Å². The minimum absolute atomic E-state index is 0.0136. The van der Waals surface area contributed by atoms with Crippen LogP contribution in [0, 0.1) is 17.7 Å². The second-order valence-electron chi connectivity index (χ2n) is 4.77. The van der Waals surface area contributed by atoms with Crippen LogP contribution in [-0.2, 0) is 16.1 Å². The molecule has 1 atom stereocenters.